The number of rotatable bonds is 2. The predicted octanol–water partition coefficient (Wildman–Crippen LogP) is 2.07. The van der Waals surface area contributed by atoms with Gasteiger partial charge in [0.05, 0.1) is 11.7 Å². The van der Waals surface area contributed by atoms with Crippen LogP contribution in [0.4, 0.5) is 0 Å². The Morgan fingerprint density at radius 3 is 2.69 bits per heavy atom. The summed E-state index contributed by atoms with van der Waals surface area (Å²) >= 11 is 0. The molecule has 3 nitrogen and oxygen atoms in total. The Kier molecular flexibility index (Phi) is 5.07. The van der Waals surface area contributed by atoms with Gasteiger partial charge in [0.1, 0.15) is 0 Å². The van der Waals surface area contributed by atoms with Crippen molar-refractivity contribution in [1.82, 2.24) is 4.98 Å². The summed E-state index contributed by atoms with van der Waals surface area (Å²) < 4.78 is 4.96. The van der Waals surface area contributed by atoms with Gasteiger partial charge in [-0.3, -0.25) is 4.98 Å². The number of pyridine rings is 1. The highest BCUT2D eigenvalue weighted by molar-refractivity contribution is 5.88. The van der Waals surface area contributed by atoms with Gasteiger partial charge in [0.2, 0.25) is 0 Å². The van der Waals surface area contributed by atoms with E-state index in [1.54, 1.807) is 18.3 Å². The molecule has 0 aliphatic heterocycles. The highest BCUT2D eigenvalue weighted by Gasteiger charge is 2.07. The fourth-order valence-corrected chi connectivity index (χ4v) is 0.766. The lowest BCUT2D eigenvalue weighted by molar-refractivity contribution is 0.0377. The molecule has 13 heavy (non-hydrogen) atoms. The second-order valence-electron chi connectivity index (χ2n) is 2.70. The number of carbonyl (C=O) groups is 1. The standard InChI is InChI=1S/C9H11NO2.ClH/c1-7(2)12-9(11)8-4-3-5-10-6-8;/h3-7H,1-2H3;1H. The fraction of sp³-hybridized carbons (Fsp3) is 0.333. The highest BCUT2D eigenvalue weighted by atomic mass is 35.5. The minimum Gasteiger partial charge on any atom is -0.459 e. The Bertz CT molecular complexity index is 262. The highest BCUT2D eigenvalue weighted by Crippen LogP contribution is 2.00. The summed E-state index contributed by atoms with van der Waals surface area (Å²) in [4.78, 5) is 15.0. The van der Waals surface area contributed by atoms with Crippen molar-refractivity contribution in [2.45, 2.75) is 20.0 Å². The minimum atomic E-state index is -0.321. The molecule has 0 unspecified atom stereocenters. The third-order valence-corrected chi connectivity index (χ3v) is 1.24. The largest absolute Gasteiger partial charge is 0.459 e. The first-order valence-corrected chi connectivity index (χ1v) is 3.81. The summed E-state index contributed by atoms with van der Waals surface area (Å²) in [5, 5.41) is 0. The molecule has 1 heterocycles. The third-order valence-electron chi connectivity index (χ3n) is 1.24. The second kappa shape index (κ2) is 5.54. The molecule has 4 heteroatoms. The van der Waals surface area contributed by atoms with Gasteiger partial charge in [-0.2, -0.15) is 0 Å². The van der Waals surface area contributed by atoms with Crippen LogP contribution in [0, 0.1) is 0 Å². The van der Waals surface area contributed by atoms with Crippen LogP contribution >= 0.6 is 12.4 Å². The first-order valence-electron chi connectivity index (χ1n) is 3.81. The van der Waals surface area contributed by atoms with E-state index in [1.807, 2.05) is 13.8 Å². The van der Waals surface area contributed by atoms with Crippen molar-refractivity contribution in [2.75, 3.05) is 0 Å². The Balaban J connectivity index is 0.00000144. The van der Waals surface area contributed by atoms with E-state index < -0.39 is 0 Å². The molecule has 0 aromatic carbocycles. The monoisotopic (exact) mass is 201 g/mol. The van der Waals surface area contributed by atoms with Crippen molar-refractivity contribution in [3.05, 3.63) is 30.1 Å². The number of ether oxygens (including phenoxy) is 1. The summed E-state index contributed by atoms with van der Waals surface area (Å²) in [5.74, 6) is -0.321. The van der Waals surface area contributed by atoms with Crippen molar-refractivity contribution in [3.8, 4) is 0 Å². The third kappa shape index (κ3) is 3.90. The normalized spacial score (nSPS) is 9.15. The molecule has 0 N–H and O–H groups in total. The molecule has 1 aromatic heterocycles. The molecular weight excluding hydrogens is 190 g/mol. The molecule has 0 atom stereocenters. The molecule has 0 fully saturated rings. The zero-order valence-corrected chi connectivity index (χ0v) is 8.38. The van der Waals surface area contributed by atoms with Crippen LogP contribution in [0.15, 0.2) is 24.5 Å². The van der Waals surface area contributed by atoms with Crippen LogP contribution < -0.4 is 0 Å². The SMILES string of the molecule is CC(C)OC(=O)c1cccnc1.Cl. The van der Waals surface area contributed by atoms with E-state index in [2.05, 4.69) is 4.98 Å². The van der Waals surface area contributed by atoms with Crippen molar-refractivity contribution >= 4 is 18.4 Å². The molecule has 0 amide bonds. The van der Waals surface area contributed by atoms with Gasteiger partial charge >= 0.3 is 5.97 Å². The maximum Gasteiger partial charge on any atom is 0.339 e. The van der Waals surface area contributed by atoms with E-state index in [9.17, 15) is 4.79 Å². The molecule has 0 spiro atoms. The van der Waals surface area contributed by atoms with Crippen LogP contribution in [0.5, 0.6) is 0 Å². The summed E-state index contributed by atoms with van der Waals surface area (Å²) in [5.41, 5.74) is 0.492. The number of hydrogen-bond acceptors (Lipinski definition) is 3. The summed E-state index contributed by atoms with van der Waals surface area (Å²) in [6, 6.07) is 3.38. The second-order valence-corrected chi connectivity index (χ2v) is 2.70. The lowest BCUT2D eigenvalue weighted by atomic mass is 10.3. The number of carbonyl (C=O) groups excluding carboxylic acids is 1. The Morgan fingerprint density at radius 2 is 2.23 bits per heavy atom. The van der Waals surface area contributed by atoms with E-state index in [1.165, 1.54) is 6.20 Å². The van der Waals surface area contributed by atoms with Crippen molar-refractivity contribution < 1.29 is 9.53 Å². The van der Waals surface area contributed by atoms with Crippen molar-refractivity contribution in [1.29, 1.82) is 0 Å². The zero-order chi connectivity index (χ0) is 8.97. The maximum atomic E-state index is 11.2. The maximum absolute atomic E-state index is 11.2. The van der Waals surface area contributed by atoms with Crippen LogP contribution in [0.2, 0.25) is 0 Å². The number of nitrogens with zero attached hydrogens (tertiary/aromatic N) is 1. The number of halogens is 1. The summed E-state index contributed by atoms with van der Waals surface area (Å²) in [6.45, 7) is 3.63. The van der Waals surface area contributed by atoms with Crippen LogP contribution in [0.1, 0.15) is 24.2 Å². The number of hydrogen-bond donors (Lipinski definition) is 0. The molecule has 1 aromatic rings. The molecular formula is C9H12ClNO2. The van der Waals surface area contributed by atoms with Crippen LogP contribution in [0.3, 0.4) is 0 Å². The van der Waals surface area contributed by atoms with Gasteiger partial charge in [0.25, 0.3) is 0 Å². The van der Waals surface area contributed by atoms with Crippen molar-refractivity contribution in [2.24, 2.45) is 0 Å². The number of esters is 1. The zero-order valence-electron chi connectivity index (χ0n) is 7.56. The molecule has 0 saturated carbocycles. The first kappa shape index (κ1) is 11.9. The smallest absolute Gasteiger partial charge is 0.339 e. The Labute approximate surface area is 83.5 Å². The first-order chi connectivity index (χ1) is 5.70. The molecule has 0 bridgehead atoms. The van der Waals surface area contributed by atoms with Gasteiger partial charge in [-0.05, 0) is 26.0 Å². The van der Waals surface area contributed by atoms with E-state index >= 15 is 0 Å². The molecule has 0 radical (unpaired) electrons. The number of aromatic nitrogens is 1. The minimum absolute atomic E-state index is 0. The predicted molar refractivity (Wildman–Crippen MR) is 52.0 cm³/mol. The van der Waals surface area contributed by atoms with E-state index in [4.69, 9.17) is 4.74 Å². The van der Waals surface area contributed by atoms with Crippen LogP contribution in [-0.2, 0) is 4.74 Å². The lowest BCUT2D eigenvalue weighted by Gasteiger charge is -2.06. The molecule has 0 saturated heterocycles. The lowest BCUT2D eigenvalue weighted by Crippen LogP contribution is -2.11. The average molecular weight is 202 g/mol. The van der Waals surface area contributed by atoms with Crippen LogP contribution in [-0.4, -0.2) is 17.1 Å². The summed E-state index contributed by atoms with van der Waals surface area (Å²) in [7, 11) is 0. The Morgan fingerprint density at radius 1 is 1.54 bits per heavy atom. The quantitative estimate of drug-likeness (QED) is 0.688. The Hall–Kier alpha value is -1.09. The van der Waals surface area contributed by atoms with Gasteiger partial charge in [0, 0.05) is 12.4 Å². The molecule has 0 aliphatic carbocycles. The van der Waals surface area contributed by atoms with E-state index in [0.29, 0.717) is 5.56 Å². The molecule has 0 aliphatic rings. The van der Waals surface area contributed by atoms with E-state index in [-0.39, 0.29) is 24.5 Å². The fourth-order valence-electron chi connectivity index (χ4n) is 0.766. The van der Waals surface area contributed by atoms with E-state index in [0.717, 1.165) is 0 Å². The van der Waals surface area contributed by atoms with Crippen LogP contribution in [0.25, 0.3) is 0 Å². The van der Waals surface area contributed by atoms with Gasteiger partial charge in [-0.15, -0.1) is 12.4 Å². The van der Waals surface area contributed by atoms with Crippen molar-refractivity contribution in [3.63, 3.8) is 0 Å². The van der Waals surface area contributed by atoms with Gasteiger partial charge in [-0.1, -0.05) is 0 Å². The molecule has 1 rings (SSSR count). The van der Waals surface area contributed by atoms with Gasteiger partial charge < -0.3 is 4.74 Å². The van der Waals surface area contributed by atoms with Gasteiger partial charge in [0.15, 0.2) is 0 Å². The average Bonchev–Trinajstić information content (AvgIpc) is 2.05. The topological polar surface area (TPSA) is 39.2 Å². The molecule has 72 valence electrons. The van der Waals surface area contributed by atoms with Gasteiger partial charge in [-0.25, -0.2) is 4.79 Å². The summed E-state index contributed by atoms with van der Waals surface area (Å²) in [6.07, 6.45) is 3.02.